The Morgan fingerprint density at radius 1 is 0.573 bits per heavy atom. The van der Waals surface area contributed by atoms with Gasteiger partial charge in [0.15, 0.2) is 5.78 Å². The summed E-state index contributed by atoms with van der Waals surface area (Å²) in [5, 5.41) is 47.5. The number of ketones is 1. The van der Waals surface area contributed by atoms with Crippen LogP contribution in [0.1, 0.15) is 210 Å². The number of Topliss-reactive ketones (excluding diaryl/α,β-unsaturated/α-hetero) is 1. The number of aromatic nitrogens is 1. The normalized spacial score (nSPS) is 19.2. The van der Waals surface area contributed by atoms with Gasteiger partial charge in [-0.2, -0.15) is 5.26 Å². The van der Waals surface area contributed by atoms with E-state index in [1.54, 1.807) is 47.7 Å². The van der Waals surface area contributed by atoms with Crippen molar-refractivity contribution in [1.29, 1.82) is 5.26 Å². The molecule has 10 unspecified atom stereocenters. The topological polar surface area (TPSA) is 330 Å². The zero-order chi connectivity index (χ0) is 77.6. The summed E-state index contributed by atoms with van der Waals surface area (Å²) in [5.41, 5.74) is 5.16. The summed E-state index contributed by atoms with van der Waals surface area (Å²) < 4.78 is 0. The number of halogens is 1. The van der Waals surface area contributed by atoms with Crippen LogP contribution < -0.4 is 31.9 Å². The summed E-state index contributed by atoms with van der Waals surface area (Å²) in [5.74, 6) is -3.24. The Balaban J connectivity index is 0.000000278. The van der Waals surface area contributed by atoms with Crippen molar-refractivity contribution < 1.29 is 58.2 Å². The molecule has 3 aliphatic rings. The Morgan fingerprint density at radius 2 is 0.990 bits per heavy atom. The van der Waals surface area contributed by atoms with E-state index >= 15 is 0 Å². The number of aryl methyl sites for hydroxylation is 1. The number of aliphatic hydroxyl groups excluding tert-OH is 2. The van der Waals surface area contributed by atoms with Crippen molar-refractivity contribution >= 4 is 81.9 Å². The second kappa shape index (κ2) is 36.1. The number of aliphatic hydroxyl groups is 2. The van der Waals surface area contributed by atoms with Gasteiger partial charge in [0.1, 0.15) is 36.3 Å². The minimum atomic E-state index is -0.884. The fourth-order valence-corrected chi connectivity index (χ4v) is 13.2. The van der Waals surface area contributed by atoms with Crippen molar-refractivity contribution in [3.63, 3.8) is 0 Å². The summed E-state index contributed by atoms with van der Waals surface area (Å²) in [6.45, 7) is 38.3. The molecule has 7 rings (SSSR count). The maximum atomic E-state index is 13.6. The van der Waals surface area contributed by atoms with Crippen LogP contribution in [0, 0.1) is 51.2 Å². The molecule has 4 heterocycles. The van der Waals surface area contributed by atoms with Gasteiger partial charge in [-0.3, -0.25) is 47.9 Å². The number of nitrogens with one attached hydrogen (secondary N) is 6. The first kappa shape index (κ1) is 85.5. The van der Waals surface area contributed by atoms with Gasteiger partial charge in [-0.05, 0) is 100 Å². The highest BCUT2D eigenvalue weighted by molar-refractivity contribution is 7.13. The molecule has 3 aromatic carbocycles. The van der Waals surface area contributed by atoms with Crippen LogP contribution in [-0.2, 0) is 54.5 Å². The molecular formula is C78H112ClN11O12S. The second-order valence-electron chi connectivity index (χ2n) is 33.7. The molecule has 103 heavy (non-hydrogen) atoms. The third-order valence-corrected chi connectivity index (χ3v) is 18.9. The van der Waals surface area contributed by atoms with Crippen molar-refractivity contribution in [1.82, 2.24) is 51.6 Å². The lowest BCUT2D eigenvalue weighted by atomic mass is 9.84. The number of carbonyl (C=O) groups excluding carboxylic acids is 10. The van der Waals surface area contributed by atoms with Crippen molar-refractivity contribution in [3.05, 3.63) is 111 Å². The lowest BCUT2D eigenvalue weighted by molar-refractivity contribution is -0.144. The van der Waals surface area contributed by atoms with Crippen LogP contribution in [0.2, 0.25) is 5.02 Å². The van der Waals surface area contributed by atoms with E-state index in [1.807, 2.05) is 180 Å². The van der Waals surface area contributed by atoms with Crippen LogP contribution in [-0.4, -0.2) is 157 Å². The van der Waals surface area contributed by atoms with Gasteiger partial charge in [0.2, 0.25) is 53.2 Å². The quantitative estimate of drug-likeness (QED) is 0.0408. The third-order valence-electron chi connectivity index (χ3n) is 17.7. The summed E-state index contributed by atoms with van der Waals surface area (Å²) in [7, 11) is 0. The number of hydrogen-bond acceptors (Lipinski definition) is 15. The Hall–Kier alpha value is -8.11. The van der Waals surface area contributed by atoms with Crippen LogP contribution in [0.5, 0.6) is 0 Å². The molecule has 564 valence electrons. The van der Waals surface area contributed by atoms with E-state index in [9.17, 15) is 58.2 Å². The molecule has 3 saturated heterocycles. The molecule has 10 atom stereocenters. The molecule has 23 nitrogen and oxygen atoms in total. The number of thiazole rings is 1. The molecule has 0 spiro atoms. The maximum absolute atomic E-state index is 13.6. The molecule has 0 saturated carbocycles. The number of β-amino-alcohol motifs (C(OH)–C–C–N with tert-alkyl or cyclic N) is 2. The van der Waals surface area contributed by atoms with Gasteiger partial charge in [0.25, 0.3) is 0 Å². The smallest absolute Gasteiger partial charge is 0.246 e. The fourth-order valence-electron chi connectivity index (χ4n) is 12.2. The average molecular weight is 1460 g/mol. The van der Waals surface area contributed by atoms with E-state index in [-0.39, 0.29) is 152 Å². The van der Waals surface area contributed by atoms with E-state index < -0.39 is 65.2 Å². The van der Waals surface area contributed by atoms with Crippen LogP contribution in [0.15, 0.2) is 78.3 Å². The van der Waals surface area contributed by atoms with Crippen molar-refractivity contribution in [2.75, 3.05) is 19.6 Å². The average Bonchev–Trinajstić information content (AvgIpc) is 1.71. The van der Waals surface area contributed by atoms with Gasteiger partial charge < -0.3 is 56.8 Å². The molecule has 1 aromatic heterocycles. The standard InChI is InChI=1S/C27H36N4O4S.C26H38N4O4.C25H38ClN3O4/c1-16(2)23(30-22(33)12-27(4,5)6)26(35)31-14-20(32)11-21(31)25(34)28-13-18-7-9-19(10-8-18)24-17(3)29-15-36-24;1-16(18-10-8-17(14-27)9-11-18)28-23(33)20-12-19(31)15-30(20)24(34)22(26(5,6)7)29-21(32)13-25(2,3)4;1-15(16-8-10-17(26)11-9-16)27-22(32)19-12-18(30)14-29(19)23(33)21(25(5,6)7)28-20(31)13-24(2,3)4/h7-10,15-16,21,23H,11-14H2,1-6H3,(H,28,34)(H,30,33);8-11,16,19-20,22,31H,12-13,15H2,1-7H3,(H,28,33)(H,29,32);8-11,15,18-19,21,30H,12-14H2,1-7H3,(H,27,32)(H,28,31). The Bertz CT molecular complexity index is 3670. The molecule has 3 aliphatic heterocycles. The number of rotatable bonds is 20. The van der Waals surface area contributed by atoms with Gasteiger partial charge in [-0.15, -0.1) is 11.3 Å². The van der Waals surface area contributed by atoms with E-state index in [1.165, 1.54) is 14.7 Å². The van der Waals surface area contributed by atoms with Crippen LogP contribution in [0.3, 0.4) is 0 Å². The number of benzene rings is 3. The SMILES string of the molecule is CC(NC(=O)C1CC(O)CN1C(=O)C(NC(=O)CC(C)(C)C)C(C)(C)C)c1ccc(C#N)cc1.CC(NC(=O)C1CC(O)CN1C(=O)C(NC(=O)CC(C)(C)C)C(C)(C)C)c1ccc(Cl)cc1.Cc1ncsc1-c1ccc(CNC(=O)C2CC(=O)CN2C(=O)C(NC(=O)CC(C)(C)C)C(C)C)cc1. The lowest BCUT2D eigenvalue weighted by Crippen LogP contribution is -2.58. The summed E-state index contributed by atoms with van der Waals surface area (Å²) in [6.07, 6.45) is -0.561. The van der Waals surface area contributed by atoms with Gasteiger partial charge in [-0.1, -0.05) is 178 Å². The van der Waals surface area contributed by atoms with E-state index in [0.717, 1.165) is 32.8 Å². The first-order valence-corrected chi connectivity index (χ1v) is 36.6. The Morgan fingerprint density at radius 3 is 1.37 bits per heavy atom. The zero-order valence-electron chi connectivity index (χ0n) is 63.9. The molecule has 25 heteroatoms. The fraction of sp³-hybridized carbons (Fsp3) is 0.590. The zero-order valence-corrected chi connectivity index (χ0v) is 65.5. The van der Waals surface area contributed by atoms with Crippen LogP contribution in [0.4, 0.5) is 0 Å². The van der Waals surface area contributed by atoms with E-state index in [2.05, 4.69) is 43.0 Å². The van der Waals surface area contributed by atoms with Crippen LogP contribution in [0.25, 0.3) is 10.4 Å². The van der Waals surface area contributed by atoms with Gasteiger partial charge in [-0.25, -0.2) is 4.98 Å². The maximum Gasteiger partial charge on any atom is 0.246 e. The molecule has 0 radical (unpaired) electrons. The van der Waals surface area contributed by atoms with Gasteiger partial charge >= 0.3 is 0 Å². The molecule has 4 aromatic rings. The monoisotopic (exact) mass is 1460 g/mol. The van der Waals surface area contributed by atoms with Gasteiger partial charge in [0, 0.05) is 63.2 Å². The molecule has 8 N–H and O–H groups in total. The van der Waals surface area contributed by atoms with Crippen molar-refractivity contribution in [2.45, 2.75) is 244 Å². The number of hydrogen-bond donors (Lipinski definition) is 8. The van der Waals surface area contributed by atoms with Crippen molar-refractivity contribution in [2.24, 2.45) is 33.0 Å². The number of nitriles is 1. The van der Waals surface area contributed by atoms with Crippen molar-refractivity contribution in [3.8, 4) is 16.5 Å². The predicted molar refractivity (Wildman–Crippen MR) is 399 cm³/mol. The number of likely N-dealkylation sites (tertiary alicyclic amines) is 3. The number of carbonyl (C=O) groups is 10. The summed E-state index contributed by atoms with van der Waals surface area (Å²) in [4.78, 5) is 139. The van der Waals surface area contributed by atoms with E-state index in [4.69, 9.17) is 16.9 Å². The highest BCUT2D eigenvalue weighted by Gasteiger charge is 2.48. The Labute approximate surface area is 618 Å². The van der Waals surface area contributed by atoms with Crippen LogP contribution >= 0.6 is 22.9 Å². The molecule has 0 aliphatic carbocycles. The third kappa shape index (κ3) is 26.2. The molecule has 0 bridgehead atoms. The lowest BCUT2D eigenvalue weighted by Gasteiger charge is -2.36. The molecular weight excluding hydrogens is 1350 g/mol. The summed E-state index contributed by atoms with van der Waals surface area (Å²) >= 11 is 7.52. The minimum absolute atomic E-state index is 0.0259. The number of amides is 9. The van der Waals surface area contributed by atoms with E-state index in [0.29, 0.717) is 10.6 Å². The minimum Gasteiger partial charge on any atom is -0.391 e. The second-order valence-corrected chi connectivity index (χ2v) is 35.0. The first-order valence-electron chi connectivity index (χ1n) is 35.4. The Kier molecular flexibility index (Phi) is 29.9. The summed E-state index contributed by atoms with van der Waals surface area (Å²) in [6, 6.07) is 18.4. The predicted octanol–water partition coefficient (Wildman–Crippen LogP) is 9.59. The molecule has 3 fully saturated rings. The highest BCUT2D eigenvalue weighted by atomic mass is 35.5. The van der Waals surface area contributed by atoms with Gasteiger partial charge in [0.05, 0.1) is 58.6 Å². The first-order chi connectivity index (χ1) is 47.6. The molecule has 9 amide bonds. The largest absolute Gasteiger partial charge is 0.391 e. The number of nitrogens with zero attached hydrogens (tertiary/aromatic N) is 5. The highest BCUT2D eigenvalue weighted by Crippen LogP contribution is 2.32.